The lowest BCUT2D eigenvalue weighted by Gasteiger charge is -2.12. The largest absolute Gasteiger partial charge is 0.322 e. The number of benzene rings is 2. The lowest BCUT2D eigenvalue weighted by atomic mass is 10.0. The van der Waals surface area contributed by atoms with Gasteiger partial charge < -0.3 is 10.6 Å². The second kappa shape index (κ2) is 9.69. The summed E-state index contributed by atoms with van der Waals surface area (Å²) in [5.74, 6) is -0.540. The summed E-state index contributed by atoms with van der Waals surface area (Å²) in [6.07, 6.45) is 1.59. The molecule has 0 aliphatic heterocycles. The number of para-hydroxylation sites is 1. The van der Waals surface area contributed by atoms with Crippen molar-refractivity contribution in [3.63, 3.8) is 0 Å². The van der Waals surface area contributed by atoms with Crippen molar-refractivity contribution in [2.24, 2.45) is 7.05 Å². The van der Waals surface area contributed by atoms with Crippen LogP contribution < -0.4 is 10.6 Å². The van der Waals surface area contributed by atoms with Gasteiger partial charge in [-0.05, 0) is 57.2 Å². The standard InChI is InChI=1S/C28H27N7O2/c1-5-35-25(13-14-29-35)28(37)31-20-10-8-9-19(15-20)30-27(36)22-16-24(26-17(2)33-34(4)18(26)3)32-23-12-7-6-11-21(22)23/h6-16H,5H2,1-4H3,(H,30,36)(H,31,37). The van der Waals surface area contributed by atoms with Crippen molar-refractivity contribution >= 4 is 34.1 Å². The van der Waals surface area contributed by atoms with Crippen molar-refractivity contribution in [1.29, 1.82) is 0 Å². The van der Waals surface area contributed by atoms with Gasteiger partial charge in [0.15, 0.2) is 0 Å². The van der Waals surface area contributed by atoms with Crippen molar-refractivity contribution in [1.82, 2.24) is 24.5 Å². The normalized spacial score (nSPS) is 11.0. The van der Waals surface area contributed by atoms with E-state index in [0.29, 0.717) is 34.9 Å². The minimum atomic E-state index is -0.272. The fraction of sp³-hybridized carbons (Fsp3) is 0.179. The predicted molar refractivity (Wildman–Crippen MR) is 144 cm³/mol. The Morgan fingerprint density at radius 3 is 2.35 bits per heavy atom. The number of hydrogen-bond donors (Lipinski definition) is 2. The van der Waals surface area contributed by atoms with Crippen molar-refractivity contribution < 1.29 is 9.59 Å². The van der Waals surface area contributed by atoms with Gasteiger partial charge >= 0.3 is 0 Å². The van der Waals surface area contributed by atoms with Crippen LogP contribution in [0.1, 0.15) is 39.2 Å². The number of aromatic nitrogens is 5. The molecule has 3 heterocycles. The van der Waals surface area contributed by atoms with Gasteiger partial charge in [-0.15, -0.1) is 0 Å². The first kappa shape index (κ1) is 23.9. The fourth-order valence-corrected chi connectivity index (χ4v) is 4.48. The van der Waals surface area contributed by atoms with Crippen LogP contribution in [0.15, 0.2) is 66.9 Å². The first-order valence-electron chi connectivity index (χ1n) is 12.0. The Hall–Kier alpha value is -4.79. The van der Waals surface area contributed by atoms with Crippen molar-refractivity contribution in [3.8, 4) is 11.3 Å². The van der Waals surface area contributed by atoms with Gasteiger partial charge in [0.25, 0.3) is 11.8 Å². The highest BCUT2D eigenvalue weighted by atomic mass is 16.2. The zero-order valence-electron chi connectivity index (χ0n) is 21.1. The van der Waals surface area contributed by atoms with Gasteiger partial charge in [0.1, 0.15) is 5.69 Å². The molecule has 0 aliphatic rings. The SMILES string of the molecule is CCn1nccc1C(=O)Nc1cccc(NC(=O)c2cc(-c3c(C)nn(C)c3C)nc3ccccc23)c1. The van der Waals surface area contributed by atoms with E-state index in [0.717, 1.165) is 27.9 Å². The number of fused-ring (bicyclic) bond motifs is 1. The van der Waals surface area contributed by atoms with E-state index < -0.39 is 0 Å². The number of amides is 2. The van der Waals surface area contributed by atoms with Crippen LogP contribution in [0.25, 0.3) is 22.2 Å². The highest BCUT2D eigenvalue weighted by Crippen LogP contribution is 2.30. The molecule has 2 aromatic carbocycles. The number of aryl methyl sites for hydroxylation is 3. The number of carbonyl (C=O) groups is 2. The Kier molecular flexibility index (Phi) is 6.27. The van der Waals surface area contributed by atoms with E-state index in [1.54, 1.807) is 41.2 Å². The number of rotatable bonds is 6. The molecule has 0 atom stereocenters. The lowest BCUT2D eigenvalue weighted by molar-refractivity contribution is 0.101. The van der Waals surface area contributed by atoms with E-state index >= 15 is 0 Å². The van der Waals surface area contributed by atoms with Gasteiger partial charge in [0.2, 0.25) is 0 Å². The summed E-state index contributed by atoms with van der Waals surface area (Å²) >= 11 is 0. The van der Waals surface area contributed by atoms with Gasteiger partial charge in [0.05, 0.1) is 22.5 Å². The van der Waals surface area contributed by atoms with E-state index in [1.165, 1.54) is 0 Å². The number of anilines is 2. The molecular formula is C28H27N7O2. The molecule has 2 amide bonds. The minimum Gasteiger partial charge on any atom is -0.322 e. The molecule has 0 radical (unpaired) electrons. The van der Waals surface area contributed by atoms with E-state index in [1.807, 2.05) is 62.8 Å². The van der Waals surface area contributed by atoms with Gasteiger partial charge in [-0.1, -0.05) is 24.3 Å². The minimum absolute atomic E-state index is 0.269. The number of hydrogen-bond acceptors (Lipinski definition) is 5. The Balaban J connectivity index is 1.45. The third-order valence-corrected chi connectivity index (χ3v) is 6.35. The van der Waals surface area contributed by atoms with Gasteiger partial charge in [-0.2, -0.15) is 10.2 Å². The molecule has 0 unspecified atom stereocenters. The summed E-state index contributed by atoms with van der Waals surface area (Å²) in [6.45, 7) is 6.43. The summed E-state index contributed by atoms with van der Waals surface area (Å²) in [7, 11) is 1.89. The predicted octanol–water partition coefficient (Wildman–Crippen LogP) is 4.97. The molecule has 186 valence electrons. The summed E-state index contributed by atoms with van der Waals surface area (Å²) in [5, 5.41) is 15.3. The van der Waals surface area contributed by atoms with Gasteiger partial charge in [-0.3, -0.25) is 19.0 Å². The van der Waals surface area contributed by atoms with Crippen LogP contribution in [0.5, 0.6) is 0 Å². The summed E-state index contributed by atoms with van der Waals surface area (Å²) < 4.78 is 3.44. The molecule has 0 fully saturated rings. The van der Waals surface area contributed by atoms with Crippen LogP contribution >= 0.6 is 0 Å². The maximum atomic E-state index is 13.5. The molecule has 0 aliphatic carbocycles. The molecule has 0 saturated carbocycles. The molecule has 9 nitrogen and oxygen atoms in total. The number of nitrogens with one attached hydrogen (secondary N) is 2. The fourth-order valence-electron chi connectivity index (χ4n) is 4.48. The van der Waals surface area contributed by atoms with Crippen LogP contribution in [0.3, 0.4) is 0 Å². The molecule has 0 saturated heterocycles. The lowest BCUT2D eigenvalue weighted by Crippen LogP contribution is -2.18. The van der Waals surface area contributed by atoms with Crippen LogP contribution in [0, 0.1) is 13.8 Å². The van der Waals surface area contributed by atoms with Gasteiger partial charge in [-0.25, -0.2) is 4.98 Å². The quantitative estimate of drug-likeness (QED) is 0.347. The van der Waals surface area contributed by atoms with Gasteiger partial charge in [0, 0.05) is 47.8 Å². The molecule has 37 heavy (non-hydrogen) atoms. The summed E-state index contributed by atoms with van der Waals surface area (Å²) in [4.78, 5) is 31.1. The van der Waals surface area contributed by atoms with E-state index in [-0.39, 0.29) is 11.8 Å². The van der Waals surface area contributed by atoms with Crippen molar-refractivity contribution in [2.45, 2.75) is 27.3 Å². The highest BCUT2D eigenvalue weighted by Gasteiger charge is 2.19. The average molecular weight is 494 g/mol. The molecule has 2 N–H and O–H groups in total. The Morgan fingerprint density at radius 2 is 1.65 bits per heavy atom. The van der Waals surface area contributed by atoms with Crippen molar-refractivity contribution in [2.75, 3.05) is 10.6 Å². The molecule has 3 aromatic heterocycles. The third kappa shape index (κ3) is 4.58. The highest BCUT2D eigenvalue weighted by molar-refractivity contribution is 6.13. The summed E-state index contributed by atoms with van der Waals surface area (Å²) in [6, 6.07) is 18.1. The third-order valence-electron chi connectivity index (χ3n) is 6.35. The zero-order chi connectivity index (χ0) is 26.1. The second-order valence-corrected chi connectivity index (χ2v) is 8.76. The molecule has 0 bridgehead atoms. The van der Waals surface area contributed by atoms with Crippen LogP contribution in [0.4, 0.5) is 11.4 Å². The first-order chi connectivity index (χ1) is 17.9. The van der Waals surface area contributed by atoms with Crippen LogP contribution in [-0.2, 0) is 13.6 Å². The van der Waals surface area contributed by atoms with Crippen LogP contribution in [0.2, 0.25) is 0 Å². The molecule has 5 rings (SSSR count). The Labute approximate surface area is 214 Å². The number of pyridine rings is 1. The maximum absolute atomic E-state index is 13.5. The van der Waals surface area contributed by atoms with Crippen molar-refractivity contribution in [3.05, 3.63) is 89.5 Å². The first-order valence-corrected chi connectivity index (χ1v) is 12.0. The monoisotopic (exact) mass is 493 g/mol. The molecule has 9 heteroatoms. The van der Waals surface area contributed by atoms with E-state index in [9.17, 15) is 9.59 Å². The number of carbonyl (C=O) groups excluding carboxylic acids is 2. The molecule has 5 aromatic rings. The van der Waals surface area contributed by atoms with E-state index in [4.69, 9.17) is 4.98 Å². The number of nitrogens with zero attached hydrogens (tertiary/aromatic N) is 5. The maximum Gasteiger partial charge on any atom is 0.273 e. The Morgan fingerprint density at radius 1 is 0.919 bits per heavy atom. The average Bonchev–Trinajstić information content (AvgIpc) is 3.47. The second-order valence-electron chi connectivity index (χ2n) is 8.76. The van der Waals surface area contributed by atoms with E-state index in [2.05, 4.69) is 20.8 Å². The zero-order valence-corrected chi connectivity index (χ0v) is 21.1. The summed E-state index contributed by atoms with van der Waals surface area (Å²) in [5.41, 5.74) is 6.25. The molecule has 0 spiro atoms. The smallest absolute Gasteiger partial charge is 0.273 e. The van der Waals surface area contributed by atoms with Crippen LogP contribution in [-0.4, -0.2) is 36.4 Å². The topological polar surface area (TPSA) is 107 Å². The molecular weight excluding hydrogens is 466 g/mol. The Bertz CT molecular complexity index is 1650.